The predicted molar refractivity (Wildman–Crippen MR) is 87.0 cm³/mol. The van der Waals surface area contributed by atoms with Crippen LogP contribution in [0, 0.1) is 0 Å². The molecule has 0 amide bonds. The Bertz CT molecular complexity index is 532. The van der Waals surface area contributed by atoms with E-state index in [2.05, 4.69) is 0 Å². The van der Waals surface area contributed by atoms with Crippen molar-refractivity contribution in [3.8, 4) is 0 Å². The summed E-state index contributed by atoms with van der Waals surface area (Å²) in [4.78, 5) is 0. The van der Waals surface area contributed by atoms with Gasteiger partial charge in [0, 0.05) is 16.5 Å². The molecule has 2 aromatic carbocycles. The summed E-state index contributed by atoms with van der Waals surface area (Å²) < 4.78 is 0. The van der Waals surface area contributed by atoms with Crippen molar-refractivity contribution in [1.82, 2.24) is 0 Å². The maximum Gasteiger partial charge on any atom is 0.0735 e. The maximum absolute atomic E-state index is 9.62. The fourth-order valence-electron chi connectivity index (χ4n) is 1.92. The Balaban J connectivity index is 1.96. The molecule has 20 heavy (non-hydrogen) atoms. The van der Waals surface area contributed by atoms with Crippen molar-refractivity contribution in [2.24, 2.45) is 5.73 Å². The molecular weight excluding hydrogens is 290 g/mol. The van der Waals surface area contributed by atoms with Gasteiger partial charge in [-0.1, -0.05) is 54.1 Å². The van der Waals surface area contributed by atoms with Crippen LogP contribution < -0.4 is 5.73 Å². The van der Waals surface area contributed by atoms with Crippen LogP contribution in [0.25, 0.3) is 0 Å². The summed E-state index contributed by atoms with van der Waals surface area (Å²) in [7, 11) is 0. The van der Waals surface area contributed by atoms with Crippen molar-refractivity contribution in [3.63, 3.8) is 0 Å². The molecule has 0 heterocycles. The molecule has 0 aliphatic rings. The average Bonchev–Trinajstić information content (AvgIpc) is 2.50. The van der Waals surface area contributed by atoms with E-state index in [9.17, 15) is 5.11 Å². The Kier molecular flexibility index (Phi) is 5.49. The van der Waals surface area contributed by atoms with E-state index in [1.807, 2.05) is 54.6 Å². The normalized spacial score (nSPS) is 13.9. The number of hydrogen-bond acceptors (Lipinski definition) is 3. The molecule has 0 bridgehead atoms. The first-order valence-electron chi connectivity index (χ1n) is 6.41. The van der Waals surface area contributed by atoms with Crippen molar-refractivity contribution < 1.29 is 5.11 Å². The number of aliphatic hydroxyl groups excluding tert-OH is 1. The molecule has 1 unspecified atom stereocenters. The van der Waals surface area contributed by atoms with Gasteiger partial charge in [-0.3, -0.25) is 0 Å². The maximum atomic E-state index is 9.62. The second kappa shape index (κ2) is 7.14. The van der Waals surface area contributed by atoms with Crippen LogP contribution in [0.3, 0.4) is 0 Å². The van der Waals surface area contributed by atoms with E-state index in [0.29, 0.717) is 5.75 Å². The first-order valence-corrected chi connectivity index (χ1v) is 7.95. The highest BCUT2D eigenvalue weighted by molar-refractivity contribution is 7.98. The van der Waals surface area contributed by atoms with Crippen LogP contribution in [-0.4, -0.2) is 17.5 Å². The first-order chi connectivity index (χ1) is 9.64. The van der Waals surface area contributed by atoms with Crippen molar-refractivity contribution >= 4 is 23.4 Å². The molecule has 0 aliphatic heterocycles. The van der Waals surface area contributed by atoms with Crippen LogP contribution in [0.1, 0.15) is 11.1 Å². The number of rotatable bonds is 6. The minimum absolute atomic E-state index is 0.0649. The summed E-state index contributed by atoms with van der Waals surface area (Å²) in [6.45, 7) is -0.0649. The van der Waals surface area contributed by atoms with Gasteiger partial charge in [0.05, 0.1) is 12.1 Å². The van der Waals surface area contributed by atoms with Crippen molar-refractivity contribution in [2.75, 3.05) is 12.4 Å². The lowest BCUT2D eigenvalue weighted by Crippen LogP contribution is -2.43. The molecule has 0 aromatic heterocycles. The Morgan fingerprint density at radius 2 is 1.70 bits per heavy atom. The number of hydrogen-bond donors (Lipinski definition) is 2. The molecular formula is C16H18ClNOS. The largest absolute Gasteiger partial charge is 0.394 e. The summed E-state index contributed by atoms with van der Waals surface area (Å²) in [5.41, 5.74) is 7.78. The topological polar surface area (TPSA) is 46.2 Å². The summed E-state index contributed by atoms with van der Waals surface area (Å²) in [6.07, 6.45) is 0. The van der Waals surface area contributed by atoms with E-state index >= 15 is 0 Å². The Morgan fingerprint density at radius 3 is 2.30 bits per heavy atom. The highest BCUT2D eigenvalue weighted by Crippen LogP contribution is 2.25. The van der Waals surface area contributed by atoms with Gasteiger partial charge in [0.15, 0.2) is 0 Å². The third kappa shape index (κ3) is 4.00. The van der Waals surface area contributed by atoms with E-state index in [4.69, 9.17) is 17.3 Å². The lowest BCUT2D eigenvalue weighted by atomic mass is 9.94. The zero-order valence-corrected chi connectivity index (χ0v) is 12.7. The highest BCUT2D eigenvalue weighted by atomic mass is 35.5. The lowest BCUT2D eigenvalue weighted by molar-refractivity contribution is 0.213. The number of halogens is 1. The molecule has 106 valence electrons. The van der Waals surface area contributed by atoms with Gasteiger partial charge >= 0.3 is 0 Å². The van der Waals surface area contributed by atoms with Gasteiger partial charge in [0.1, 0.15) is 0 Å². The predicted octanol–water partition coefficient (Wildman–Crippen LogP) is 3.42. The summed E-state index contributed by atoms with van der Waals surface area (Å²) in [5, 5.41) is 10.4. The van der Waals surface area contributed by atoms with Gasteiger partial charge in [-0.2, -0.15) is 11.8 Å². The van der Waals surface area contributed by atoms with Crippen molar-refractivity contribution in [3.05, 3.63) is 70.7 Å². The summed E-state index contributed by atoms with van der Waals surface area (Å²) >= 11 is 7.57. The minimum Gasteiger partial charge on any atom is -0.394 e. The molecule has 0 aliphatic carbocycles. The third-order valence-electron chi connectivity index (χ3n) is 3.17. The SMILES string of the molecule is NC(CO)(CSCc1ccc(Cl)cc1)c1ccccc1. The second-order valence-electron chi connectivity index (χ2n) is 4.80. The number of thioether (sulfide) groups is 1. The lowest BCUT2D eigenvalue weighted by Gasteiger charge is -2.27. The van der Waals surface area contributed by atoms with Gasteiger partial charge in [-0.05, 0) is 23.3 Å². The average molecular weight is 308 g/mol. The molecule has 0 radical (unpaired) electrons. The zero-order chi connectivity index (χ0) is 14.4. The molecule has 2 aromatic rings. The van der Waals surface area contributed by atoms with Crippen molar-refractivity contribution in [2.45, 2.75) is 11.3 Å². The van der Waals surface area contributed by atoms with Crippen LogP contribution in [0.2, 0.25) is 5.02 Å². The quantitative estimate of drug-likeness (QED) is 0.859. The van der Waals surface area contributed by atoms with Gasteiger partial charge in [-0.25, -0.2) is 0 Å². The molecule has 3 N–H and O–H groups in total. The summed E-state index contributed by atoms with van der Waals surface area (Å²) in [6, 6.07) is 17.5. The van der Waals surface area contributed by atoms with Gasteiger partial charge < -0.3 is 10.8 Å². The standard InChI is InChI=1S/C16H18ClNOS/c17-15-8-6-13(7-9-15)10-20-12-16(18,11-19)14-4-2-1-3-5-14/h1-9,19H,10-12,18H2. The fourth-order valence-corrected chi connectivity index (χ4v) is 3.20. The van der Waals surface area contributed by atoms with Gasteiger partial charge in [-0.15, -0.1) is 0 Å². The third-order valence-corrected chi connectivity index (χ3v) is 4.68. The Labute approximate surface area is 129 Å². The van der Waals surface area contributed by atoms with Crippen LogP contribution in [0.15, 0.2) is 54.6 Å². The van der Waals surface area contributed by atoms with Crippen molar-refractivity contribution in [1.29, 1.82) is 0 Å². The molecule has 0 saturated heterocycles. The molecule has 2 nitrogen and oxygen atoms in total. The smallest absolute Gasteiger partial charge is 0.0735 e. The monoisotopic (exact) mass is 307 g/mol. The van der Waals surface area contributed by atoms with E-state index in [1.54, 1.807) is 11.8 Å². The molecule has 2 rings (SSSR count). The van der Waals surface area contributed by atoms with Crippen LogP contribution in [-0.2, 0) is 11.3 Å². The van der Waals surface area contributed by atoms with E-state index in [1.165, 1.54) is 5.56 Å². The number of aliphatic hydroxyl groups is 1. The number of benzene rings is 2. The van der Waals surface area contributed by atoms with Crippen LogP contribution in [0.5, 0.6) is 0 Å². The van der Waals surface area contributed by atoms with Gasteiger partial charge in [0.25, 0.3) is 0 Å². The molecule has 0 fully saturated rings. The molecule has 0 saturated carbocycles. The fraction of sp³-hybridized carbons (Fsp3) is 0.250. The van der Waals surface area contributed by atoms with Crippen LogP contribution >= 0.6 is 23.4 Å². The Morgan fingerprint density at radius 1 is 1.05 bits per heavy atom. The second-order valence-corrected chi connectivity index (χ2v) is 6.22. The van der Waals surface area contributed by atoms with E-state index in [-0.39, 0.29) is 6.61 Å². The van der Waals surface area contributed by atoms with Crippen LogP contribution in [0.4, 0.5) is 0 Å². The molecule has 0 spiro atoms. The first kappa shape index (κ1) is 15.4. The molecule has 4 heteroatoms. The van der Waals surface area contributed by atoms with Gasteiger partial charge in [0.2, 0.25) is 0 Å². The minimum atomic E-state index is -0.696. The van der Waals surface area contributed by atoms with E-state index < -0.39 is 5.54 Å². The zero-order valence-electron chi connectivity index (χ0n) is 11.1. The highest BCUT2D eigenvalue weighted by Gasteiger charge is 2.26. The molecule has 1 atom stereocenters. The Hall–Kier alpha value is -1.00. The summed E-state index contributed by atoms with van der Waals surface area (Å²) in [5.74, 6) is 1.51. The van der Waals surface area contributed by atoms with E-state index in [0.717, 1.165) is 16.3 Å². The number of nitrogens with two attached hydrogens (primary N) is 1.